The van der Waals surface area contributed by atoms with Crippen molar-refractivity contribution in [3.63, 3.8) is 0 Å². The van der Waals surface area contributed by atoms with E-state index in [9.17, 15) is 19.8 Å². The minimum Gasteiger partial charge on any atom is -0.480 e. The molecule has 11 nitrogen and oxygen atoms in total. The molecule has 0 radical (unpaired) electrons. The summed E-state index contributed by atoms with van der Waals surface area (Å²) in [5.41, 5.74) is 0.162. The molecule has 0 unspecified atom stereocenters. The standard InChI is InChI=1S/C14H20N6O5/c1-5(2)7(13(21)22)15-9-10(16-8(6(3)4)14(23)24)18-12-11(17-9)19-25-20-12/h5-8H,1-4H3,(H,21,22)(H,23,24)(H,15,17,19)(H,16,18,20)/t7-,8-/m0/s1. The topological polar surface area (TPSA) is 163 Å². The summed E-state index contributed by atoms with van der Waals surface area (Å²) in [5.74, 6) is -2.51. The molecule has 4 N–H and O–H groups in total. The number of anilines is 2. The van der Waals surface area contributed by atoms with Crippen molar-refractivity contribution in [1.82, 2.24) is 20.3 Å². The third-order valence-electron chi connectivity index (χ3n) is 3.56. The second-order valence-electron chi connectivity index (χ2n) is 6.24. The smallest absolute Gasteiger partial charge is 0.326 e. The van der Waals surface area contributed by atoms with Crippen molar-refractivity contribution < 1.29 is 24.4 Å². The highest BCUT2D eigenvalue weighted by Gasteiger charge is 2.27. The van der Waals surface area contributed by atoms with Crippen LogP contribution in [-0.2, 0) is 9.59 Å². The molecule has 2 aromatic rings. The number of carboxylic acid groups (broad SMARTS) is 2. The van der Waals surface area contributed by atoms with Crippen LogP contribution < -0.4 is 10.6 Å². The zero-order valence-corrected chi connectivity index (χ0v) is 14.2. The van der Waals surface area contributed by atoms with Crippen LogP contribution in [0.3, 0.4) is 0 Å². The van der Waals surface area contributed by atoms with Gasteiger partial charge in [0.1, 0.15) is 12.1 Å². The largest absolute Gasteiger partial charge is 0.480 e. The maximum Gasteiger partial charge on any atom is 0.326 e. The van der Waals surface area contributed by atoms with Crippen LogP contribution in [-0.4, -0.2) is 54.5 Å². The van der Waals surface area contributed by atoms with E-state index in [1.807, 2.05) is 0 Å². The normalized spacial score (nSPS) is 13.8. The van der Waals surface area contributed by atoms with E-state index in [4.69, 9.17) is 0 Å². The van der Waals surface area contributed by atoms with Gasteiger partial charge in [0, 0.05) is 0 Å². The molecule has 0 bridgehead atoms. The lowest BCUT2D eigenvalue weighted by Crippen LogP contribution is -2.37. The van der Waals surface area contributed by atoms with E-state index >= 15 is 0 Å². The van der Waals surface area contributed by atoms with Gasteiger partial charge in [-0.25, -0.2) is 24.2 Å². The van der Waals surface area contributed by atoms with Gasteiger partial charge in [0.15, 0.2) is 11.6 Å². The Hall–Kier alpha value is -2.98. The first-order valence-electron chi connectivity index (χ1n) is 7.69. The fourth-order valence-corrected chi connectivity index (χ4v) is 2.16. The van der Waals surface area contributed by atoms with Gasteiger partial charge in [-0.1, -0.05) is 27.7 Å². The lowest BCUT2D eigenvalue weighted by molar-refractivity contribution is -0.139. The van der Waals surface area contributed by atoms with Crippen molar-refractivity contribution in [3.8, 4) is 0 Å². The van der Waals surface area contributed by atoms with Gasteiger partial charge in [0.2, 0.25) is 11.3 Å². The van der Waals surface area contributed by atoms with Crippen LogP contribution in [0.1, 0.15) is 27.7 Å². The van der Waals surface area contributed by atoms with E-state index in [0.29, 0.717) is 0 Å². The number of hydrogen-bond donors (Lipinski definition) is 4. The fourth-order valence-electron chi connectivity index (χ4n) is 2.16. The number of nitrogens with one attached hydrogen (secondary N) is 2. The number of hydrogen-bond acceptors (Lipinski definition) is 9. The minimum atomic E-state index is -1.07. The molecule has 0 aliphatic rings. The number of fused-ring (bicyclic) bond motifs is 1. The van der Waals surface area contributed by atoms with Gasteiger partial charge in [0.25, 0.3) is 0 Å². The average molecular weight is 352 g/mol. The molecule has 136 valence electrons. The van der Waals surface area contributed by atoms with Crippen LogP contribution in [0.2, 0.25) is 0 Å². The molecule has 2 atom stereocenters. The average Bonchev–Trinajstić information content (AvgIpc) is 2.95. The van der Waals surface area contributed by atoms with Crippen LogP contribution in [0.4, 0.5) is 11.6 Å². The zero-order chi connectivity index (χ0) is 18.7. The molecular formula is C14H20N6O5. The third-order valence-corrected chi connectivity index (χ3v) is 3.56. The summed E-state index contributed by atoms with van der Waals surface area (Å²) in [6.07, 6.45) is 0. The lowest BCUT2D eigenvalue weighted by Gasteiger charge is -2.23. The Morgan fingerprint density at radius 3 is 1.48 bits per heavy atom. The summed E-state index contributed by atoms with van der Waals surface area (Å²) in [6.45, 7) is 6.93. The summed E-state index contributed by atoms with van der Waals surface area (Å²) < 4.78 is 4.56. The summed E-state index contributed by atoms with van der Waals surface area (Å²) in [7, 11) is 0. The van der Waals surface area contributed by atoms with E-state index in [0.717, 1.165) is 0 Å². The van der Waals surface area contributed by atoms with Crippen molar-refractivity contribution in [2.75, 3.05) is 10.6 Å². The monoisotopic (exact) mass is 352 g/mol. The first-order chi connectivity index (χ1) is 11.7. The van der Waals surface area contributed by atoms with Crippen LogP contribution >= 0.6 is 0 Å². The van der Waals surface area contributed by atoms with Gasteiger partial charge in [-0.3, -0.25) is 0 Å². The van der Waals surface area contributed by atoms with Crippen molar-refractivity contribution in [2.45, 2.75) is 39.8 Å². The Bertz CT molecular complexity index is 712. The van der Waals surface area contributed by atoms with E-state index in [2.05, 4.69) is 35.5 Å². The quantitative estimate of drug-likeness (QED) is 0.537. The Kier molecular flexibility index (Phi) is 5.35. The fraction of sp³-hybridized carbons (Fsp3) is 0.571. The predicted octanol–water partition coefficient (Wildman–Crippen LogP) is 1.05. The third kappa shape index (κ3) is 4.11. The van der Waals surface area contributed by atoms with E-state index in [1.54, 1.807) is 27.7 Å². The lowest BCUT2D eigenvalue weighted by atomic mass is 10.0. The van der Waals surface area contributed by atoms with E-state index in [-0.39, 0.29) is 34.8 Å². The second-order valence-corrected chi connectivity index (χ2v) is 6.24. The predicted molar refractivity (Wildman–Crippen MR) is 87.2 cm³/mol. The number of aromatic nitrogens is 4. The van der Waals surface area contributed by atoms with E-state index in [1.165, 1.54) is 0 Å². The van der Waals surface area contributed by atoms with Crippen molar-refractivity contribution >= 4 is 34.9 Å². The van der Waals surface area contributed by atoms with Gasteiger partial charge in [0.05, 0.1) is 0 Å². The molecule has 25 heavy (non-hydrogen) atoms. The Balaban J connectivity index is 2.45. The van der Waals surface area contributed by atoms with Crippen molar-refractivity contribution in [1.29, 1.82) is 0 Å². The minimum absolute atomic E-state index is 0.0659. The number of rotatable bonds is 8. The molecule has 0 fully saturated rings. The van der Waals surface area contributed by atoms with E-state index < -0.39 is 24.0 Å². The Labute approximate surface area is 142 Å². The summed E-state index contributed by atoms with van der Waals surface area (Å²) in [5, 5.41) is 31.4. The van der Waals surface area contributed by atoms with Crippen molar-refractivity contribution in [3.05, 3.63) is 0 Å². The molecule has 0 saturated carbocycles. The van der Waals surface area contributed by atoms with Crippen LogP contribution in [0.5, 0.6) is 0 Å². The molecule has 2 rings (SSSR count). The summed E-state index contributed by atoms with van der Waals surface area (Å²) in [6, 6.07) is -1.90. The molecule has 0 aromatic carbocycles. The molecule has 2 heterocycles. The molecular weight excluding hydrogens is 332 g/mol. The number of carboxylic acids is 2. The molecule has 0 aliphatic heterocycles. The highest BCUT2D eigenvalue weighted by Crippen LogP contribution is 2.24. The van der Waals surface area contributed by atoms with Gasteiger partial charge in [-0.05, 0) is 22.1 Å². The molecule has 0 saturated heterocycles. The van der Waals surface area contributed by atoms with Crippen LogP contribution in [0.25, 0.3) is 11.3 Å². The molecule has 11 heteroatoms. The molecule has 2 aromatic heterocycles. The van der Waals surface area contributed by atoms with Gasteiger partial charge < -0.3 is 20.8 Å². The Morgan fingerprint density at radius 1 is 0.840 bits per heavy atom. The first-order valence-corrected chi connectivity index (χ1v) is 7.69. The van der Waals surface area contributed by atoms with Gasteiger partial charge >= 0.3 is 11.9 Å². The van der Waals surface area contributed by atoms with Gasteiger partial charge in [-0.15, -0.1) is 0 Å². The molecule has 0 aliphatic carbocycles. The van der Waals surface area contributed by atoms with Gasteiger partial charge in [-0.2, -0.15) is 0 Å². The maximum atomic E-state index is 11.4. The molecule has 0 amide bonds. The summed E-state index contributed by atoms with van der Waals surface area (Å²) in [4.78, 5) is 31.2. The maximum absolute atomic E-state index is 11.4. The highest BCUT2D eigenvalue weighted by atomic mass is 16.6. The second kappa shape index (κ2) is 7.28. The Morgan fingerprint density at radius 2 is 1.20 bits per heavy atom. The zero-order valence-electron chi connectivity index (χ0n) is 14.2. The molecule has 0 spiro atoms. The number of nitrogens with zero attached hydrogens (tertiary/aromatic N) is 4. The SMILES string of the molecule is CC(C)[C@H](Nc1nc2nonc2nc1N[C@H](C(=O)O)C(C)C)C(=O)O. The van der Waals surface area contributed by atoms with Crippen molar-refractivity contribution in [2.24, 2.45) is 11.8 Å². The first kappa shape index (κ1) is 18.4. The number of aliphatic carboxylic acids is 2. The highest BCUT2D eigenvalue weighted by molar-refractivity contribution is 5.83. The van der Waals surface area contributed by atoms with Crippen LogP contribution in [0.15, 0.2) is 4.63 Å². The number of carbonyl (C=O) groups is 2. The van der Waals surface area contributed by atoms with Crippen LogP contribution in [0, 0.1) is 11.8 Å². The summed E-state index contributed by atoms with van der Waals surface area (Å²) >= 11 is 0.